The molecule has 0 atom stereocenters. The zero-order chi connectivity index (χ0) is 20.1. The third kappa shape index (κ3) is 2.39. The summed E-state index contributed by atoms with van der Waals surface area (Å²) in [6.45, 7) is 8.88. The first kappa shape index (κ1) is 18.0. The first-order valence-corrected chi connectivity index (χ1v) is 9.06. The molecular weight excluding hydrogens is 377 g/mol. The number of amides is 1. The topological polar surface area (TPSA) is 64.6 Å². The molecule has 1 aliphatic carbocycles. The Balaban J connectivity index is 1.81. The largest absolute Gasteiger partial charge is 0.360 e. The van der Waals surface area contributed by atoms with E-state index in [1.165, 1.54) is 23.2 Å². The van der Waals surface area contributed by atoms with Gasteiger partial charge in [-0.05, 0) is 68.2 Å². The first-order valence-electron chi connectivity index (χ1n) is 8.65. The van der Waals surface area contributed by atoms with Crippen LogP contribution in [0.15, 0.2) is 30.5 Å². The molecule has 28 heavy (non-hydrogen) atoms. The maximum atomic E-state index is 14.2. The van der Waals surface area contributed by atoms with Gasteiger partial charge in [0.05, 0.1) is 11.3 Å². The molecule has 2 aliphatic rings. The monoisotopic (exact) mass is 391 g/mol. The lowest BCUT2D eigenvalue weighted by Gasteiger charge is -2.43. The summed E-state index contributed by atoms with van der Waals surface area (Å²) in [4.78, 5) is 23.9. The van der Waals surface area contributed by atoms with Gasteiger partial charge in [0.25, 0.3) is 11.7 Å². The maximum Gasteiger partial charge on any atom is 0.272 e. The zero-order valence-corrected chi connectivity index (χ0v) is 15.8. The van der Waals surface area contributed by atoms with E-state index in [-0.39, 0.29) is 22.4 Å². The summed E-state index contributed by atoms with van der Waals surface area (Å²) in [5, 5.41) is 9.21. The first-order chi connectivity index (χ1) is 13.4. The number of hydrogen-bond acceptors (Lipinski definition) is 4. The number of pyridine rings is 1. The molecule has 0 bridgehead atoms. The summed E-state index contributed by atoms with van der Waals surface area (Å²) in [7, 11) is 0. The van der Waals surface area contributed by atoms with Crippen LogP contribution in [0, 0.1) is 30.6 Å². The molecule has 1 spiro atoms. The Morgan fingerprint density at radius 1 is 1.36 bits per heavy atom. The number of aryl methyl sites for hydroxylation is 1. The van der Waals surface area contributed by atoms with E-state index in [0.717, 1.165) is 6.42 Å². The van der Waals surface area contributed by atoms with Gasteiger partial charge in [0, 0.05) is 5.69 Å². The number of carbonyl (C=O) groups is 1. The number of thiocarbonyl (C=S) groups is 1. The van der Waals surface area contributed by atoms with Gasteiger partial charge in [-0.3, -0.25) is 9.69 Å². The minimum atomic E-state index is -0.843. The van der Waals surface area contributed by atoms with Crippen LogP contribution >= 0.6 is 12.2 Å². The van der Waals surface area contributed by atoms with Crippen molar-refractivity contribution in [2.75, 3.05) is 9.80 Å². The van der Waals surface area contributed by atoms with Crippen LogP contribution in [0.25, 0.3) is 4.85 Å². The minimum absolute atomic E-state index is 0.0609. The van der Waals surface area contributed by atoms with Crippen LogP contribution in [0.2, 0.25) is 0 Å². The number of aromatic nitrogens is 1. The van der Waals surface area contributed by atoms with Gasteiger partial charge >= 0.3 is 0 Å². The second-order valence-corrected chi connectivity index (χ2v) is 7.23. The van der Waals surface area contributed by atoms with Crippen LogP contribution in [0.5, 0.6) is 0 Å². The SMILES string of the molecule is [C-]#[N+]c1ncc(N2C(=O)C3(CCC3)N(c3ccc(C#N)c(F)c3)C2=S)cc1C. The predicted molar refractivity (Wildman–Crippen MR) is 105 cm³/mol. The lowest BCUT2D eigenvalue weighted by atomic mass is 9.75. The third-order valence-electron chi connectivity index (χ3n) is 5.32. The molecule has 1 aromatic heterocycles. The Morgan fingerprint density at radius 2 is 2.11 bits per heavy atom. The fourth-order valence-electron chi connectivity index (χ4n) is 3.73. The zero-order valence-electron chi connectivity index (χ0n) is 14.9. The Labute approximate surface area is 166 Å². The van der Waals surface area contributed by atoms with Crippen LogP contribution in [-0.2, 0) is 4.79 Å². The summed E-state index contributed by atoms with van der Waals surface area (Å²) < 4.78 is 14.2. The Kier molecular flexibility index (Phi) is 4.10. The molecule has 2 aromatic rings. The van der Waals surface area contributed by atoms with Crippen molar-refractivity contribution in [3.63, 3.8) is 0 Å². The highest BCUT2D eigenvalue weighted by atomic mass is 32.1. The molecular formula is C20H14FN5OS. The highest BCUT2D eigenvalue weighted by Gasteiger charge is 2.59. The average molecular weight is 391 g/mol. The van der Waals surface area contributed by atoms with E-state index in [1.807, 2.05) is 0 Å². The van der Waals surface area contributed by atoms with Crippen LogP contribution in [0.1, 0.15) is 30.4 Å². The molecule has 0 radical (unpaired) electrons. The number of hydrogen-bond donors (Lipinski definition) is 0. The van der Waals surface area contributed by atoms with Gasteiger partial charge in [0.1, 0.15) is 23.6 Å². The van der Waals surface area contributed by atoms with E-state index in [4.69, 9.17) is 24.1 Å². The standard InChI is InChI=1S/C20H14FN5OS/c1-12-8-15(11-24-17(12)23-2)25-18(27)20(6-3-7-20)26(19(25)28)14-5-4-13(10-22)16(21)9-14/h4-5,8-9,11H,3,6-7H2,1H3. The molecule has 1 aliphatic heterocycles. The normalized spacial score (nSPS) is 17.4. The molecule has 2 heterocycles. The fraction of sp³-hybridized carbons (Fsp3) is 0.250. The Bertz CT molecular complexity index is 1110. The number of nitrogens with zero attached hydrogens (tertiary/aromatic N) is 5. The lowest BCUT2D eigenvalue weighted by molar-refractivity contribution is -0.123. The second kappa shape index (κ2) is 6.36. The van der Waals surface area contributed by atoms with Crippen molar-refractivity contribution in [3.8, 4) is 6.07 Å². The quantitative estimate of drug-likeness (QED) is 0.572. The van der Waals surface area contributed by atoms with Crippen molar-refractivity contribution in [2.45, 2.75) is 31.7 Å². The van der Waals surface area contributed by atoms with Gasteiger partial charge in [-0.1, -0.05) is 6.57 Å². The molecule has 1 amide bonds. The van der Waals surface area contributed by atoms with Crippen molar-refractivity contribution in [1.29, 1.82) is 5.26 Å². The van der Waals surface area contributed by atoms with Gasteiger partial charge in [-0.15, -0.1) is 4.98 Å². The highest BCUT2D eigenvalue weighted by molar-refractivity contribution is 7.81. The van der Waals surface area contributed by atoms with Gasteiger partial charge in [-0.2, -0.15) is 5.26 Å². The predicted octanol–water partition coefficient (Wildman–Crippen LogP) is 4.01. The summed E-state index contributed by atoms with van der Waals surface area (Å²) in [5.74, 6) is -0.557. The number of anilines is 2. The number of halogens is 1. The number of benzene rings is 1. The molecule has 4 rings (SSSR count). The molecule has 2 fully saturated rings. The van der Waals surface area contributed by atoms with E-state index in [9.17, 15) is 9.18 Å². The van der Waals surface area contributed by atoms with E-state index >= 15 is 0 Å². The van der Waals surface area contributed by atoms with Crippen molar-refractivity contribution in [1.82, 2.24) is 4.98 Å². The number of carbonyl (C=O) groups excluding carboxylic acids is 1. The molecule has 6 nitrogen and oxygen atoms in total. The van der Waals surface area contributed by atoms with Crippen molar-refractivity contribution in [2.24, 2.45) is 0 Å². The fourth-order valence-corrected chi connectivity index (χ4v) is 4.20. The van der Waals surface area contributed by atoms with Gasteiger partial charge < -0.3 is 9.74 Å². The average Bonchev–Trinajstić information content (AvgIpc) is 2.88. The van der Waals surface area contributed by atoms with Crippen LogP contribution in [0.3, 0.4) is 0 Å². The highest BCUT2D eigenvalue weighted by Crippen LogP contribution is 2.48. The number of nitriles is 1. The summed E-state index contributed by atoms with van der Waals surface area (Å²) in [6.07, 6.45) is 3.54. The van der Waals surface area contributed by atoms with Gasteiger partial charge in [0.2, 0.25) is 0 Å². The van der Waals surface area contributed by atoms with Crippen LogP contribution < -0.4 is 9.80 Å². The van der Waals surface area contributed by atoms with Crippen molar-refractivity contribution >= 4 is 40.4 Å². The summed E-state index contributed by atoms with van der Waals surface area (Å²) in [5.41, 5.74) is 0.676. The Hall–Kier alpha value is -3.36. The molecule has 1 aromatic carbocycles. The number of rotatable bonds is 2. The van der Waals surface area contributed by atoms with E-state index < -0.39 is 11.4 Å². The second-order valence-electron chi connectivity index (χ2n) is 6.87. The molecule has 0 unspecified atom stereocenters. The smallest absolute Gasteiger partial charge is 0.272 e. The van der Waals surface area contributed by atoms with Gasteiger partial charge in [-0.25, -0.2) is 4.39 Å². The lowest BCUT2D eigenvalue weighted by Crippen LogP contribution is -2.55. The molecule has 138 valence electrons. The Morgan fingerprint density at radius 3 is 2.64 bits per heavy atom. The van der Waals surface area contributed by atoms with E-state index in [2.05, 4.69) is 9.83 Å². The summed E-state index contributed by atoms with van der Waals surface area (Å²) >= 11 is 5.62. The van der Waals surface area contributed by atoms with Gasteiger partial charge in [0.15, 0.2) is 5.11 Å². The van der Waals surface area contributed by atoms with E-state index in [0.29, 0.717) is 29.8 Å². The maximum absolute atomic E-state index is 14.2. The third-order valence-corrected chi connectivity index (χ3v) is 5.69. The summed E-state index contributed by atoms with van der Waals surface area (Å²) in [6, 6.07) is 7.75. The van der Waals surface area contributed by atoms with Crippen molar-refractivity contribution < 1.29 is 9.18 Å². The minimum Gasteiger partial charge on any atom is -0.360 e. The van der Waals surface area contributed by atoms with Crippen LogP contribution in [-0.4, -0.2) is 21.5 Å². The molecule has 1 saturated heterocycles. The molecule has 0 N–H and O–H groups in total. The van der Waals surface area contributed by atoms with E-state index in [1.54, 1.807) is 30.0 Å². The van der Waals surface area contributed by atoms with Crippen molar-refractivity contribution in [3.05, 3.63) is 58.8 Å². The van der Waals surface area contributed by atoms with Crippen LogP contribution in [0.4, 0.5) is 21.6 Å². The molecule has 8 heteroatoms. The molecule has 1 saturated carbocycles.